The smallest absolute Gasteiger partial charge is 0.133 e. The molecule has 0 bridgehead atoms. The van der Waals surface area contributed by atoms with Crippen molar-refractivity contribution in [3.63, 3.8) is 0 Å². The molecule has 0 amide bonds. The fourth-order valence-electron chi connectivity index (χ4n) is 1.53. The number of nitrogens with two attached hydrogens (primary N) is 1. The molecule has 0 aliphatic rings. The van der Waals surface area contributed by atoms with E-state index in [1.54, 1.807) is 6.20 Å². The van der Waals surface area contributed by atoms with E-state index in [0.29, 0.717) is 0 Å². The van der Waals surface area contributed by atoms with E-state index in [2.05, 4.69) is 26.2 Å². The summed E-state index contributed by atoms with van der Waals surface area (Å²) in [5, 5.41) is 5.39. The summed E-state index contributed by atoms with van der Waals surface area (Å²) < 4.78 is 0.985. The highest BCUT2D eigenvalue weighted by Crippen LogP contribution is 2.29. The van der Waals surface area contributed by atoms with Crippen LogP contribution in [0.15, 0.2) is 28.9 Å². The number of hydrogen-bond donors (Lipinski definition) is 2. The van der Waals surface area contributed by atoms with E-state index in [9.17, 15) is 0 Å². The molecular formula is C11H12BrN3. The number of anilines is 2. The van der Waals surface area contributed by atoms with Crippen LogP contribution in [0.3, 0.4) is 0 Å². The maximum absolute atomic E-state index is 5.77. The van der Waals surface area contributed by atoms with Gasteiger partial charge in [0.2, 0.25) is 0 Å². The van der Waals surface area contributed by atoms with Crippen LogP contribution in [0.4, 0.5) is 11.5 Å². The third-order valence-corrected chi connectivity index (χ3v) is 2.84. The van der Waals surface area contributed by atoms with Gasteiger partial charge in [-0.15, -0.1) is 0 Å². The number of nitrogens with one attached hydrogen (secondary N) is 1. The van der Waals surface area contributed by atoms with Crippen molar-refractivity contribution in [2.75, 3.05) is 17.6 Å². The number of rotatable bonds is 2. The quantitative estimate of drug-likeness (QED) is 0.821. The molecule has 1 aromatic carbocycles. The Kier molecular flexibility index (Phi) is 2.77. The third-order valence-electron chi connectivity index (χ3n) is 2.21. The lowest BCUT2D eigenvalue weighted by Crippen LogP contribution is -2.00. The minimum atomic E-state index is 0.751. The topological polar surface area (TPSA) is 50.9 Å². The molecule has 0 atom stereocenters. The number of halogens is 1. The Morgan fingerprint density at radius 3 is 2.93 bits per heavy atom. The van der Waals surface area contributed by atoms with Gasteiger partial charge in [0, 0.05) is 33.7 Å². The number of fused-ring (bicyclic) bond motifs is 1. The van der Waals surface area contributed by atoms with Gasteiger partial charge in [-0.25, -0.2) is 4.98 Å². The van der Waals surface area contributed by atoms with Gasteiger partial charge in [-0.05, 0) is 35.0 Å². The molecule has 78 valence electrons. The summed E-state index contributed by atoms with van der Waals surface area (Å²) in [7, 11) is 0. The van der Waals surface area contributed by atoms with Crippen molar-refractivity contribution in [3.8, 4) is 0 Å². The van der Waals surface area contributed by atoms with Gasteiger partial charge < -0.3 is 11.1 Å². The Morgan fingerprint density at radius 1 is 1.40 bits per heavy atom. The largest absolute Gasteiger partial charge is 0.399 e. The number of nitrogen functional groups attached to an aromatic ring is 1. The number of benzene rings is 1. The SMILES string of the molecule is CCNc1ncc(Br)c2ccc(N)cc12. The lowest BCUT2D eigenvalue weighted by atomic mass is 10.1. The summed E-state index contributed by atoms with van der Waals surface area (Å²) in [6.07, 6.45) is 1.80. The van der Waals surface area contributed by atoms with Crippen LogP contribution in [0, 0.1) is 0 Å². The maximum Gasteiger partial charge on any atom is 0.133 e. The van der Waals surface area contributed by atoms with Crippen molar-refractivity contribution in [3.05, 3.63) is 28.9 Å². The molecule has 2 rings (SSSR count). The van der Waals surface area contributed by atoms with Crippen molar-refractivity contribution >= 4 is 38.2 Å². The average molecular weight is 266 g/mol. The van der Waals surface area contributed by atoms with Crippen molar-refractivity contribution in [2.45, 2.75) is 6.92 Å². The van der Waals surface area contributed by atoms with E-state index in [4.69, 9.17) is 5.73 Å². The van der Waals surface area contributed by atoms with Crippen molar-refractivity contribution < 1.29 is 0 Å². The molecule has 1 heterocycles. The molecule has 3 nitrogen and oxygen atoms in total. The molecule has 0 spiro atoms. The molecule has 0 radical (unpaired) electrons. The van der Waals surface area contributed by atoms with Gasteiger partial charge in [-0.1, -0.05) is 6.07 Å². The van der Waals surface area contributed by atoms with E-state index in [1.165, 1.54) is 0 Å². The summed E-state index contributed by atoms with van der Waals surface area (Å²) in [6.45, 7) is 2.89. The van der Waals surface area contributed by atoms with Gasteiger partial charge in [-0.3, -0.25) is 0 Å². The lowest BCUT2D eigenvalue weighted by molar-refractivity contribution is 1.17. The van der Waals surface area contributed by atoms with Gasteiger partial charge in [0.05, 0.1) is 0 Å². The summed E-state index contributed by atoms with van der Waals surface area (Å²) in [4.78, 5) is 4.32. The van der Waals surface area contributed by atoms with Gasteiger partial charge in [0.1, 0.15) is 5.82 Å². The first kappa shape index (κ1) is 10.2. The van der Waals surface area contributed by atoms with Crippen LogP contribution >= 0.6 is 15.9 Å². The molecule has 0 saturated heterocycles. The molecule has 15 heavy (non-hydrogen) atoms. The highest BCUT2D eigenvalue weighted by Gasteiger charge is 2.05. The second kappa shape index (κ2) is 4.06. The number of hydrogen-bond acceptors (Lipinski definition) is 3. The third kappa shape index (κ3) is 1.90. The summed E-state index contributed by atoms with van der Waals surface area (Å²) >= 11 is 3.48. The zero-order chi connectivity index (χ0) is 10.8. The second-order valence-electron chi connectivity index (χ2n) is 3.29. The summed E-state index contributed by atoms with van der Waals surface area (Å²) in [6, 6.07) is 5.82. The number of nitrogens with zero attached hydrogens (tertiary/aromatic N) is 1. The molecule has 2 aromatic rings. The Morgan fingerprint density at radius 2 is 2.20 bits per heavy atom. The van der Waals surface area contributed by atoms with Crippen LogP contribution in [-0.4, -0.2) is 11.5 Å². The normalized spacial score (nSPS) is 10.5. The molecule has 0 aliphatic carbocycles. The first-order valence-electron chi connectivity index (χ1n) is 4.80. The van der Waals surface area contributed by atoms with E-state index in [-0.39, 0.29) is 0 Å². The highest BCUT2D eigenvalue weighted by molar-refractivity contribution is 9.10. The van der Waals surface area contributed by atoms with E-state index in [1.807, 2.05) is 25.1 Å². The number of pyridine rings is 1. The Hall–Kier alpha value is -1.29. The Bertz CT molecular complexity index is 496. The average Bonchev–Trinajstić information content (AvgIpc) is 2.22. The van der Waals surface area contributed by atoms with Crippen LogP contribution in [0.5, 0.6) is 0 Å². The Labute approximate surface area is 96.8 Å². The van der Waals surface area contributed by atoms with Gasteiger partial charge in [0.15, 0.2) is 0 Å². The van der Waals surface area contributed by atoms with E-state index < -0.39 is 0 Å². The minimum absolute atomic E-state index is 0.751. The van der Waals surface area contributed by atoms with Crippen LogP contribution < -0.4 is 11.1 Å². The standard InChI is InChI=1S/C11H12BrN3/c1-2-14-11-9-5-7(13)3-4-8(9)10(12)6-15-11/h3-6H,2,13H2,1H3,(H,14,15). The monoisotopic (exact) mass is 265 g/mol. The first-order valence-corrected chi connectivity index (χ1v) is 5.59. The fraction of sp³-hybridized carbons (Fsp3) is 0.182. The van der Waals surface area contributed by atoms with Crippen molar-refractivity contribution in [1.82, 2.24) is 4.98 Å². The molecule has 0 saturated carbocycles. The van der Waals surface area contributed by atoms with E-state index >= 15 is 0 Å². The van der Waals surface area contributed by atoms with Crippen molar-refractivity contribution in [2.24, 2.45) is 0 Å². The molecule has 0 fully saturated rings. The molecule has 1 aromatic heterocycles. The van der Waals surface area contributed by atoms with Gasteiger partial charge in [-0.2, -0.15) is 0 Å². The first-order chi connectivity index (χ1) is 7.22. The Balaban J connectivity index is 2.72. The summed E-state index contributed by atoms with van der Waals surface area (Å²) in [5.74, 6) is 0.878. The van der Waals surface area contributed by atoms with Crippen LogP contribution in [0.2, 0.25) is 0 Å². The lowest BCUT2D eigenvalue weighted by Gasteiger charge is -2.08. The minimum Gasteiger partial charge on any atom is -0.399 e. The van der Waals surface area contributed by atoms with Gasteiger partial charge >= 0.3 is 0 Å². The maximum atomic E-state index is 5.77. The van der Waals surface area contributed by atoms with E-state index in [0.717, 1.165) is 33.3 Å². The molecule has 0 aliphatic heterocycles. The zero-order valence-corrected chi connectivity index (χ0v) is 10.0. The number of aromatic nitrogens is 1. The van der Waals surface area contributed by atoms with Crippen LogP contribution in [0.25, 0.3) is 10.8 Å². The van der Waals surface area contributed by atoms with Gasteiger partial charge in [0.25, 0.3) is 0 Å². The van der Waals surface area contributed by atoms with Crippen LogP contribution in [-0.2, 0) is 0 Å². The van der Waals surface area contributed by atoms with Crippen molar-refractivity contribution in [1.29, 1.82) is 0 Å². The molecular weight excluding hydrogens is 254 g/mol. The predicted octanol–water partition coefficient (Wildman–Crippen LogP) is 3.01. The second-order valence-corrected chi connectivity index (χ2v) is 4.14. The summed E-state index contributed by atoms with van der Waals surface area (Å²) in [5.41, 5.74) is 6.52. The fourth-order valence-corrected chi connectivity index (χ4v) is 1.98. The molecule has 4 heteroatoms. The zero-order valence-electron chi connectivity index (χ0n) is 8.42. The predicted molar refractivity (Wildman–Crippen MR) is 68.0 cm³/mol. The van der Waals surface area contributed by atoms with Crippen LogP contribution in [0.1, 0.15) is 6.92 Å². The molecule has 0 unspecified atom stereocenters. The molecule has 3 N–H and O–H groups in total. The highest BCUT2D eigenvalue weighted by atomic mass is 79.9.